The number of carbonyl (C=O) groups is 2. The van der Waals surface area contributed by atoms with Crippen LogP contribution in [0.1, 0.15) is 12.0 Å². The van der Waals surface area contributed by atoms with Gasteiger partial charge in [0.2, 0.25) is 0 Å². The highest BCUT2D eigenvalue weighted by molar-refractivity contribution is 5.92. The van der Waals surface area contributed by atoms with Crippen LogP contribution in [-0.2, 0) is 20.9 Å². The van der Waals surface area contributed by atoms with Crippen molar-refractivity contribution in [3.05, 3.63) is 59.8 Å². The molecule has 3 atom stereocenters. The van der Waals surface area contributed by atoms with Gasteiger partial charge in [0.25, 0.3) is 0 Å². The Kier molecular flexibility index (Phi) is 4.46. The van der Waals surface area contributed by atoms with E-state index in [1.54, 1.807) is 6.08 Å². The quantitative estimate of drug-likeness (QED) is 0.516. The third kappa shape index (κ3) is 3.62. The number of allylic oxidation sites excluding steroid dienone is 3. The highest BCUT2D eigenvalue weighted by atomic mass is 16.6. The Labute approximate surface area is 135 Å². The number of ether oxygens (including phenoxy) is 2. The molecule has 0 aromatic heterocycles. The summed E-state index contributed by atoms with van der Waals surface area (Å²) in [5.74, 6) is 0.771. The van der Waals surface area contributed by atoms with Crippen molar-refractivity contribution in [1.29, 1.82) is 0 Å². The summed E-state index contributed by atoms with van der Waals surface area (Å²) in [6.45, 7) is 0.151. The van der Waals surface area contributed by atoms with Crippen LogP contribution in [0.5, 0.6) is 0 Å². The zero-order valence-corrected chi connectivity index (χ0v) is 12.9. The van der Waals surface area contributed by atoms with E-state index in [0.29, 0.717) is 17.8 Å². The maximum absolute atomic E-state index is 11.9. The molecule has 5 heteroatoms. The second-order valence-corrected chi connectivity index (χ2v) is 5.74. The predicted octanol–water partition coefficient (Wildman–Crippen LogP) is 2.79. The fourth-order valence-electron chi connectivity index (χ4n) is 2.97. The Hall–Kier alpha value is -2.56. The van der Waals surface area contributed by atoms with E-state index >= 15 is 0 Å². The first-order valence-corrected chi connectivity index (χ1v) is 7.63. The van der Waals surface area contributed by atoms with E-state index in [4.69, 9.17) is 9.47 Å². The molecule has 0 saturated heterocycles. The SMILES string of the molecule is COC(=O)C(=CC1C2C=CCC21)NC(=O)OCc1ccccc1. The monoisotopic (exact) mass is 313 g/mol. The molecule has 1 aromatic carbocycles. The fourth-order valence-corrected chi connectivity index (χ4v) is 2.97. The zero-order valence-electron chi connectivity index (χ0n) is 12.9. The number of alkyl carbamates (subject to hydrolysis) is 1. The van der Waals surface area contributed by atoms with Gasteiger partial charge in [-0.25, -0.2) is 9.59 Å². The lowest BCUT2D eigenvalue weighted by atomic mass is 10.2. The van der Waals surface area contributed by atoms with Crippen LogP contribution >= 0.6 is 0 Å². The third-order valence-electron chi connectivity index (χ3n) is 4.27. The number of benzene rings is 1. The molecule has 1 amide bonds. The number of carbonyl (C=O) groups excluding carboxylic acids is 2. The molecule has 1 aromatic rings. The van der Waals surface area contributed by atoms with Gasteiger partial charge in [0.05, 0.1) is 7.11 Å². The molecule has 0 spiro atoms. The molecular weight excluding hydrogens is 294 g/mol. The lowest BCUT2D eigenvalue weighted by molar-refractivity contribution is -0.136. The number of hydrogen-bond donors (Lipinski definition) is 1. The molecule has 1 N–H and O–H groups in total. The Morgan fingerprint density at radius 1 is 1.30 bits per heavy atom. The van der Waals surface area contributed by atoms with E-state index in [1.165, 1.54) is 7.11 Å². The van der Waals surface area contributed by atoms with Crippen molar-refractivity contribution in [2.75, 3.05) is 7.11 Å². The van der Waals surface area contributed by atoms with Gasteiger partial charge in [-0.2, -0.15) is 0 Å². The zero-order chi connectivity index (χ0) is 16.2. The molecule has 23 heavy (non-hydrogen) atoms. The van der Waals surface area contributed by atoms with E-state index in [-0.39, 0.29) is 12.3 Å². The molecule has 0 radical (unpaired) electrons. The Balaban J connectivity index is 1.57. The van der Waals surface area contributed by atoms with Gasteiger partial charge < -0.3 is 9.47 Å². The van der Waals surface area contributed by atoms with Gasteiger partial charge in [0.15, 0.2) is 0 Å². The molecule has 1 fully saturated rings. The van der Waals surface area contributed by atoms with Crippen LogP contribution < -0.4 is 5.32 Å². The number of esters is 1. The van der Waals surface area contributed by atoms with Crippen molar-refractivity contribution in [2.45, 2.75) is 13.0 Å². The number of fused-ring (bicyclic) bond motifs is 1. The lowest BCUT2D eigenvalue weighted by Gasteiger charge is -2.09. The number of amides is 1. The average Bonchev–Trinajstić information content (AvgIpc) is 3.00. The van der Waals surface area contributed by atoms with Crippen LogP contribution in [0.15, 0.2) is 54.3 Å². The highest BCUT2D eigenvalue weighted by Gasteiger charge is 2.49. The Morgan fingerprint density at radius 3 is 2.74 bits per heavy atom. The van der Waals surface area contributed by atoms with Crippen LogP contribution in [0.2, 0.25) is 0 Å². The summed E-state index contributed by atoms with van der Waals surface area (Å²) in [6, 6.07) is 9.36. The van der Waals surface area contributed by atoms with Gasteiger partial charge in [-0.1, -0.05) is 42.5 Å². The summed E-state index contributed by atoms with van der Waals surface area (Å²) in [7, 11) is 1.29. The summed E-state index contributed by atoms with van der Waals surface area (Å²) in [4.78, 5) is 23.7. The Morgan fingerprint density at radius 2 is 2.09 bits per heavy atom. The number of nitrogens with one attached hydrogen (secondary N) is 1. The summed E-state index contributed by atoms with van der Waals surface area (Å²) in [5.41, 5.74) is 1.03. The van der Waals surface area contributed by atoms with Gasteiger partial charge in [-0.3, -0.25) is 5.32 Å². The van der Waals surface area contributed by atoms with Crippen molar-refractivity contribution in [1.82, 2.24) is 5.32 Å². The molecule has 0 aliphatic heterocycles. The average molecular weight is 313 g/mol. The van der Waals surface area contributed by atoms with Gasteiger partial charge in [0, 0.05) is 0 Å². The molecule has 5 nitrogen and oxygen atoms in total. The molecule has 2 aliphatic rings. The summed E-state index contributed by atoms with van der Waals surface area (Å²) in [5, 5.41) is 2.50. The topological polar surface area (TPSA) is 64.6 Å². The van der Waals surface area contributed by atoms with E-state index in [0.717, 1.165) is 12.0 Å². The smallest absolute Gasteiger partial charge is 0.412 e. The van der Waals surface area contributed by atoms with Crippen LogP contribution in [0.3, 0.4) is 0 Å². The largest absolute Gasteiger partial charge is 0.464 e. The van der Waals surface area contributed by atoms with Crippen molar-refractivity contribution in [2.24, 2.45) is 17.8 Å². The molecule has 0 bridgehead atoms. The van der Waals surface area contributed by atoms with Gasteiger partial charge in [0.1, 0.15) is 12.3 Å². The second-order valence-electron chi connectivity index (χ2n) is 5.74. The molecular formula is C18H19NO4. The first-order valence-electron chi connectivity index (χ1n) is 7.63. The maximum Gasteiger partial charge on any atom is 0.412 e. The first-order chi connectivity index (χ1) is 11.2. The van der Waals surface area contributed by atoms with Crippen LogP contribution in [0, 0.1) is 17.8 Å². The molecule has 2 aliphatic carbocycles. The van der Waals surface area contributed by atoms with Gasteiger partial charge >= 0.3 is 12.1 Å². The van der Waals surface area contributed by atoms with Crippen molar-refractivity contribution in [3.63, 3.8) is 0 Å². The van der Waals surface area contributed by atoms with E-state index in [9.17, 15) is 9.59 Å². The van der Waals surface area contributed by atoms with Gasteiger partial charge in [-0.05, 0) is 35.8 Å². The first kappa shape index (κ1) is 15.3. The normalized spacial score (nSPS) is 24.7. The van der Waals surface area contributed by atoms with Crippen molar-refractivity contribution in [3.8, 4) is 0 Å². The molecule has 3 rings (SSSR count). The minimum absolute atomic E-state index is 0.151. The second kappa shape index (κ2) is 6.69. The van der Waals surface area contributed by atoms with E-state index in [2.05, 4.69) is 17.5 Å². The highest BCUT2D eigenvalue weighted by Crippen LogP contribution is 2.54. The van der Waals surface area contributed by atoms with Gasteiger partial charge in [-0.15, -0.1) is 0 Å². The summed E-state index contributed by atoms with van der Waals surface area (Å²) < 4.78 is 9.87. The predicted molar refractivity (Wildman–Crippen MR) is 84.1 cm³/mol. The van der Waals surface area contributed by atoms with Crippen LogP contribution in [0.25, 0.3) is 0 Å². The summed E-state index contributed by atoms with van der Waals surface area (Å²) >= 11 is 0. The maximum atomic E-state index is 11.9. The Bertz CT molecular complexity index is 650. The van der Waals surface area contributed by atoms with E-state index < -0.39 is 12.1 Å². The summed E-state index contributed by atoms with van der Waals surface area (Å²) in [6.07, 6.45) is 6.47. The number of rotatable bonds is 5. The molecule has 1 saturated carbocycles. The van der Waals surface area contributed by atoms with Crippen molar-refractivity contribution < 1.29 is 19.1 Å². The molecule has 0 heterocycles. The third-order valence-corrected chi connectivity index (χ3v) is 4.27. The number of methoxy groups -OCH3 is 1. The lowest BCUT2D eigenvalue weighted by Crippen LogP contribution is -2.29. The van der Waals surface area contributed by atoms with E-state index in [1.807, 2.05) is 30.3 Å². The standard InChI is InChI=1S/C18H19NO4/c1-22-17(20)16(10-15-13-8-5-9-14(13)15)19-18(21)23-11-12-6-3-2-4-7-12/h2-8,10,13-15H,9,11H2,1H3,(H,19,21). The molecule has 3 unspecified atom stereocenters. The van der Waals surface area contributed by atoms with Crippen LogP contribution in [-0.4, -0.2) is 19.2 Å². The van der Waals surface area contributed by atoms with Crippen molar-refractivity contribution >= 4 is 12.1 Å². The fraction of sp³-hybridized carbons (Fsp3) is 0.333. The van der Waals surface area contributed by atoms with Crippen LogP contribution in [0.4, 0.5) is 4.79 Å². The minimum atomic E-state index is -0.660. The number of hydrogen-bond acceptors (Lipinski definition) is 4. The minimum Gasteiger partial charge on any atom is -0.464 e. The molecule has 120 valence electrons.